The maximum Gasteiger partial charge on any atom is 0.345 e. The van der Waals surface area contributed by atoms with Gasteiger partial charge >= 0.3 is 6.61 Å². The van der Waals surface area contributed by atoms with Crippen molar-refractivity contribution in [3.63, 3.8) is 0 Å². The molecule has 0 aromatic rings. The van der Waals surface area contributed by atoms with Crippen molar-refractivity contribution < 1.29 is 18.3 Å². The van der Waals surface area contributed by atoms with Crippen LogP contribution in [-0.4, -0.2) is 74.0 Å². The minimum Gasteiger partial charge on any atom is -0.384 e. The normalized spacial score (nSPS) is 26.6. The lowest BCUT2D eigenvalue weighted by Gasteiger charge is -2.30. The van der Waals surface area contributed by atoms with Crippen LogP contribution in [0.5, 0.6) is 0 Å². The summed E-state index contributed by atoms with van der Waals surface area (Å²) in [5, 5.41) is 0. The molecule has 0 aromatic heterocycles. The molecule has 0 bridgehead atoms. The Labute approximate surface area is 199 Å². The molecule has 2 saturated heterocycles. The summed E-state index contributed by atoms with van der Waals surface area (Å²) < 4.78 is 33.6. The fraction of sp³-hybridized carbons (Fsp3) is 1.00. The smallest absolute Gasteiger partial charge is 0.345 e. The van der Waals surface area contributed by atoms with Crippen molar-refractivity contribution in [1.29, 1.82) is 0 Å². The zero-order valence-corrected chi connectivity index (χ0v) is 20.9. The van der Waals surface area contributed by atoms with Crippen LogP contribution < -0.4 is 0 Å². The fourth-order valence-corrected chi connectivity index (χ4v) is 5.15. The van der Waals surface area contributed by atoms with Crippen molar-refractivity contribution in [2.75, 3.05) is 33.4 Å². The first-order valence-corrected chi connectivity index (χ1v) is 11.9. The Morgan fingerprint density at radius 3 is 1.34 bits per heavy atom. The van der Waals surface area contributed by atoms with Gasteiger partial charge in [-0.3, -0.25) is 9.80 Å². The second kappa shape index (κ2) is 16.3. The number of hydrogen-bond acceptors (Lipinski definition) is 4. The van der Waals surface area contributed by atoms with Crippen LogP contribution in [-0.2, 0) is 9.47 Å². The average Bonchev–Trinajstić information content (AvgIpc) is 3.25. The predicted molar refractivity (Wildman–Crippen MR) is 134 cm³/mol. The number of rotatable bonds is 9. The van der Waals surface area contributed by atoms with Crippen LogP contribution in [0.4, 0.5) is 8.78 Å². The summed E-state index contributed by atoms with van der Waals surface area (Å²) in [5.74, 6) is 2.33. The molecule has 6 heteroatoms. The molecule has 2 rings (SSSR count). The number of ether oxygens (including phenoxy) is 2. The van der Waals surface area contributed by atoms with Crippen LogP contribution in [0.15, 0.2) is 0 Å². The van der Waals surface area contributed by atoms with E-state index in [1.54, 1.807) is 0 Å². The molecule has 0 N–H and O–H groups in total. The predicted octanol–water partition coefficient (Wildman–Crippen LogP) is 6.64. The van der Waals surface area contributed by atoms with Crippen molar-refractivity contribution in [3.8, 4) is 0 Å². The van der Waals surface area contributed by atoms with Crippen molar-refractivity contribution in [1.82, 2.24) is 9.80 Å². The van der Waals surface area contributed by atoms with Crippen LogP contribution in [0.3, 0.4) is 0 Å². The minimum atomic E-state index is -2.63. The highest BCUT2D eigenvalue weighted by molar-refractivity contribution is 4.89. The molecule has 196 valence electrons. The first-order chi connectivity index (χ1) is 14.0. The number of halogens is 2. The van der Waals surface area contributed by atoms with Gasteiger partial charge in [0.2, 0.25) is 0 Å². The Balaban J connectivity index is 0. The van der Waals surface area contributed by atoms with Crippen molar-refractivity contribution in [2.24, 2.45) is 23.7 Å². The molecule has 0 saturated carbocycles. The Kier molecular flexibility index (Phi) is 17.3. The zero-order valence-electron chi connectivity index (χ0n) is 20.9. The van der Waals surface area contributed by atoms with Gasteiger partial charge < -0.3 is 9.47 Å². The molecule has 2 heterocycles. The third-order valence-corrected chi connectivity index (χ3v) is 6.67. The van der Waals surface area contributed by atoms with Gasteiger partial charge in [0, 0.05) is 44.4 Å². The summed E-state index contributed by atoms with van der Waals surface area (Å²) in [5.41, 5.74) is 0. The molecule has 0 aliphatic carbocycles. The van der Waals surface area contributed by atoms with Crippen molar-refractivity contribution in [2.45, 2.75) is 114 Å². The first-order valence-electron chi connectivity index (χ1n) is 11.9. The van der Waals surface area contributed by atoms with E-state index in [9.17, 15) is 8.78 Å². The molecule has 0 radical (unpaired) electrons. The van der Waals surface area contributed by atoms with Gasteiger partial charge in [0.05, 0.1) is 13.2 Å². The van der Waals surface area contributed by atoms with E-state index in [2.05, 4.69) is 69.9 Å². The molecule has 32 heavy (non-hydrogen) atoms. The van der Waals surface area contributed by atoms with Crippen LogP contribution in [0, 0.1) is 23.7 Å². The molecule has 4 atom stereocenters. The lowest BCUT2D eigenvalue weighted by molar-refractivity contribution is -0.137. The molecular weight excluding hydrogens is 410 g/mol. The number of likely N-dealkylation sites (tertiary alicyclic amines) is 2. The summed E-state index contributed by atoms with van der Waals surface area (Å²) in [4.78, 5) is 5.04. The minimum absolute atomic E-state index is 0. The molecule has 0 amide bonds. The number of nitrogens with zero attached hydrogens (tertiary/aromatic N) is 2. The highest BCUT2D eigenvalue weighted by Gasteiger charge is 2.36. The van der Waals surface area contributed by atoms with E-state index in [0.29, 0.717) is 24.0 Å². The standard InChI is InChI=1S/C12H23F2NO.C12H25NO.2CH4/c1-8(2)11-5-10(7-16-12(13)14)6-15(11)9(3)4;1-9(2)12-6-11(8-14-5)7-13(12)10(3)4;;/h8-12H,5-7H2,1-4H3;9-12H,6-8H2,1-5H3;2*1H4/t10?,11-;11?,12-;;/m00../s1. The fourth-order valence-electron chi connectivity index (χ4n) is 5.15. The third kappa shape index (κ3) is 10.8. The van der Waals surface area contributed by atoms with E-state index in [0.717, 1.165) is 37.5 Å². The maximum absolute atomic E-state index is 12.0. The maximum atomic E-state index is 12.0. The number of methoxy groups -OCH3 is 1. The molecule has 0 aromatic carbocycles. The van der Waals surface area contributed by atoms with Gasteiger partial charge in [-0.25, -0.2) is 0 Å². The van der Waals surface area contributed by atoms with E-state index in [1.165, 1.54) is 13.0 Å². The molecule has 2 aliphatic heterocycles. The van der Waals surface area contributed by atoms with Crippen molar-refractivity contribution in [3.05, 3.63) is 0 Å². The topological polar surface area (TPSA) is 24.9 Å². The summed E-state index contributed by atoms with van der Waals surface area (Å²) in [7, 11) is 1.81. The Hall–Kier alpha value is -0.300. The molecule has 2 unspecified atom stereocenters. The summed E-state index contributed by atoms with van der Waals surface area (Å²) >= 11 is 0. The summed E-state index contributed by atoms with van der Waals surface area (Å²) in [6.45, 7) is 18.5. The lowest BCUT2D eigenvalue weighted by atomic mass is 9.97. The largest absolute Gasteiger partial charge is 0.384 e. The Bertz CT molecular complexity index is 429. The number of hydrogen-bond donors (Lipinski definition) is 0. The summed E-state index contributed by atoms with van der Waals surface area (Å²) in [6.07, 6.45) is 2.28. The zero-order chi connectivity index (χ0) is 23.0. The molecule has 2 fully saturated rings. The van der Waals surface area contributed by atoms with E-state index in [-0.39, 0.29) is 27.4 Å². The molecular formula is C26H56F2N2O2. The Morgan fingerprint density at radius 1 is 0.719 bits per heavy atom. The second-order valence-corrected chi connectivity index (χ2v) is 10.5. The molecule has 4 nitrogen and oxygen atoms in total. The number of alkyl halides is 2. The van der Waals surface area contributed by atoms with Gasteiger partial charge in [0.25, 0.3) is 0 Å². The van der Waals surface area contributed by atoms with Crippen LogP contribution >= 0.6 is 0 Å². The van der Waals surface area contributed by atoms with Gasteiger partial charge in [-0.15, -0.1) is 0 Å². The highest BCUT2D eigenvalue weighted by Crippen LogP contribution is 2.31. The van der Waals surface area contributed by atoms with Gasteiger partial charge in [0.15, 0.2) is 0 Å². The van der Waals surface area contributed by atoms with E-state index >= 15 is 0 Å². The van der Waals surface area contributed by atoms with Gasteiger partial charge in [-0.1, -0.05) is 42.5 Å². The molecule has 0 spiro atoms. The first kappa shape index (κ1) is 33.9. The average molecular weight is 467 g/mol. The van der Waals surface area contributed by atoms with Crippen LogP contribution in [0.25, 0.3) is 0 Å². The van der Waals surface area contributed by atoms with Crippen LogP contribution in [0.1, 0.15) is 83.1 Å². The second-order valence-electron chi connectivity index (χ2n) is 10.5. The van der Waals surface area contributed by atoms with E-state index in [4.69, 9.17) is 4.74 Å². The third-order valence-electron chi connectivity index (χ3n) is 6.67. The van der Waals surface area contributed by atoms with Crippen molar-refractivity contribution >= 4 is 0 Å². The monoisotopic (exact) mass is 466 g/mol. The lowest BCUT2D eigenvalue weighted by Crippen LogP contribution is -2.38. The Morgan fingerprint density at radius 2 is 1.09 bits per heavy atom. The van der Waals surface area contributed by atoms with Gasteiger partial charge in [-0.05, 0) is 64.2 Å². The van der Waals surface area contributed by atoms with Gasteiger partial charge in [-0.2, -0.15) is 8.78 Å². The quantitative estimate of drug-likeness (QED) is 0.380. The van der Waals surface area contributed by atoms with E-state index in [1.807, 2.05) is 7.11 Å². The highest BCUT2D eigenvalue weighted by atomic mass is 19.3. The molecule has 2 aliphatic rings. The van der Waals surface area contributed by atoms with Gasteiger partial charge in [0.1, 0.15) is 0 Å². The van der Waals surface area contributed by atoms with Crippen LogP contribution in [0.2, 0.25) is 0 Å². The van der Waals surface area contributed by atoms with E-state index < -0.39 is 6.61 Å². The SMILES string of the molecule is C.C.CC(C)[C@@H]1CC(COC(F)F)CN1C(C)C.COCC1C[C@@H](C(C)C)N(C(C)C)C1. The summed E-state index contributed by atoms with van der Waals surface area (Å²) in [6, 6.07) is 2.41.